The van der Waals surface area contributed by atoms with Gasteiger partial charge in [0.05, 0.1) is 10.6 Å². The molecule has 6 rings (SSSR count). The molecule has 0 radical (unpaired) electrons. The highest BCUT2D eigenvalue weighted by atomic mass is 32.2. The number of hydrogen-bond acceptors (Lipinski definition) is 6. The Labute approximate surface area is 216 Å². The molecule has 35 heavy (non-hydrogen) atoms. The fraction of sp³-hybridized carbons (Fsp3) is 0.143. The van der Waals surface area contributed by atoms with Gasteiger partial charge in [-0.05, 0) is 40.8 Å². The van der Waals surface area contributed by atoms with Crippen molar-refractivity contribution in [3.05, 3.63) is 118 Å². The van der Waals surface area contributed by atoms with Crippen molar-refractivity contribution in [3.63, 3.8) is 0 Å². The SMILES string of the molecule is Nc1nc(SCc2ccc(F)cc2)nc2sc3c(c12)C[C@H](c1ccccc1)S[C@@H]3c1ccccc1. The number of thioether (sulfide) groups is 2. The predicted molar refractivity (Wildman–Crippen MR) is 147 cm³/mol. The Morgan fingerprint density at radius 1 is 0.886 bits per heavy atom. The fourth-order valence-corrected chi connectivity index (χ4v) is 8.36. The van der Waals surface area contributed by atoms with E-state index in [0.717, 1.165) is 22.2 Å². The van der Waals surface area contributed by atoms with Crippen LogP contribution in [0.2, 0.25) is 0 Å². The van der Waals surface area contributed by atoms with E-state index in [0.29, 0.717) is 22.0 Å². The Kier molecular flexibility index (Phi) is 6.22. The van der Waals surface area contributed by atoms with Crippen LogP contribution < -0.4 is 5.73 Å². The first-order valence-electron chi connectivity index (χ1n) is 11.4. The average Bonchev–Trinajstić information content (AvgIpc) is 3.28. The Morgan fingerprint density at radius 3 is 2.29 bits per heavy atom. The van der Waals surface area contributed by atoms with Crippen LogP contribution in [0.1, 0.15) is 37.6 Å². The van der Waals surface area contributed by atoms with Crippen molar-refractivity contribution in [2.45, 2.75) is 27.8 Å². The zero-order valence-corrected chi connectivity index (χ0v) is 21.2. The highest BCUT2D eigenvalue weighted by Gasteiger charge is 2.34. The number of rotatable bonds is 5. The molecule has 5 aromatic rings. The monoisotopic (exact) mass is 515 g/mol. The maximum atomic E-state index is 13.2. The van der Waals surface area contributed by atoms with Crippen LogP contribution in [0.3, 0.4) is 0 Å². The summed E-state index contributed by atoms with van der Waals surface area (Å²) < 4.78 is 13.2. The highest BCUT2D eigenvalue weighted by Crippen LogP contribution is 2.55. The number of thiophene rings is 1. The molecule has 174 valence electrons. The van der Waals surface area contributed by atoms with E-state index in [1.165, 1.54) is 45.5 Å². The molecule has 0 fully saturated rings. The van der Waals surface area contributed by atoms with E-state index in [2.05, 4.69) is 65.6 Å². The predicted octanol–water partition coefficient (Wildman–Crippen LogP) is 7.82. The Morgan fingerprint density at radius 2 is 1.57 bits per heavy atom. The average molecular weight is 516 g/mol. The zero-order chi connectivity index (χ0) is 23.8. The number of benzene rings is 3. The summed E-state index contributed by atoms with van der Waals surface area (Å²) in [5, 5.41) is 2.21. The molecule has 0 saturated heterocycles. The molecule has 0 saturated carbocycles. The lowest BCUT2D eigenvalue weighted by Crippen LogP contribution is -2.12. The van der Waals surface area contributed by atoms with Crippen LogP contribution in [0.15, 0.2) is 90.1 Å². The molecule has 7 heteroatoms. The van der Waals surface area contributed by atoms with Gasteiger partial charge in [0.25, 0.3) is 0 Å². The molecule has 3 aromatic carbocycles. The first-order valence-corrected chi connectivity index (χ1v) is 14.1. The summed E-state index contributed by atoms with van der Waals surface area (Å²) in [5.74, 6) is 0.971. The first-order chi connectivity index (χ1) is 17.2. The second kappa shape index (κ2) is 9.64. The summed E-state index contributed by atoms with van der Waals surface area (Å²) in [6, 6.07) is 27.9. The minimum absolute atomic E-state index is 0.221. The number of nitrogens with zero attached hydrogens (tertiary/aromatic N) is 2. The molecule has 2 aromatic heterocycles. The summed E-state index contributed by atoms with van der Waals surface area (Å²) in [6.07, 6.45) is 0.906. The van der Waals surface area contributed by atoms with Crippen molar-refractivity contribution in [1.82, 2.24) is 9.97 Å². The summed E-state index contributed by atoms with van der Waals surface area (Å²) in [4.78, 5) is 11.8. The molecule has 1 aliphatic heterocycles. The molecule has 0 unspecified atom stereocenters. The number of anilines is 1. The van der Waals surface area contributed by atoms with Crippen LogP contribution in [-0.2, 0) is 12.2 Å². The van der Waals surface area contributed by atoms with Crippen molar-refractivity contribution in [2.24, 2.45) is 0 Å². The van der Waals surface area contributed by atoms with Gasteiger partial charge in [-0.1, -0.05) is 84.6 Å². The normalized spacial score (nSPS) is 17.4. The molecule has 2 atom stereocenters. The van der Waals surface area contributed by atoms with Crippen LogP contribution in [0, 0.1) is 5.82 Å². The lowest BCUT2D eigenvalue weighted by molar-refractivity contribution is 0.627. The summed E-state index contributed by atoms with van der Waals surface area (Å²) >= 11 is 5.26. The van der Waals surface area contributed by atoms with E-state index < -0.39 is 0 Å². The number of nitrogen functional groups attached to an aromatic ring is 1. The molecule has 0 amide bonds. The van der Waals surface area contributed by atoms with Gasteiger partial charge in [-0.3, -0.25) is 0 Å². The summed E-state index contributed by atoms with van der Waals surface area (Å²) in [6.45, 7) is 0. The van der Waals surface area contributed by atoms with Gasteiger partial charge in [0.15, 0.2) is 5.16 Å². The fourth-order valence-electron chi connectivity index (χ4n) is 4.47. The van der Waals surface area contributed by atoms with Gasteiger partial charge in [-0.15, -0.1) is 23.1 Å². The van der Waals surface area contributed by atoms with Crippen molar-refractivity contribution >= 4 is 50.9 Å². The van der Waals surface area contributed by atoms with E-state index in [1.807, 2.05) is 11.8 Å². The molecule has 2 N–H and O–H groups in total. The minimum atomic E-state index is -0.232. The number of halogens is 1. The third-order valence-electron chi connectivity index (χ3n) is 6.17. The van der Waals surface area contributed by atoms with Gasteiger partial charge in [-0.25, -0.2) is 14.4 Å². The third kappa shape index (κ3) is 4.56. The van der Waals surface area contributed by atoms with Gasteiger partial charge in [0.1, 0.15) is 16.5 Å². The number of nitrogens with two attached hydrogens (primary N) is 1. The second-order valence-electron chi connectivity index (χ2n) is 8.46. The van der Waals surface area contributed by atoms with Gasteiger partial charge < -0.3 is 5.73 Å². The molecule has 3 heterocycles. The molecule has 0 spiro atoms. The maximum absolute atomic E-state index is 13.2. The molecule has 0 bridgehead atoms. The Hall–Kier alpha value is -2.87. The Bertz CT molecular complexity index is 1470. The van der Waals surface area contributed by atoms with Gasteiger partial charge >= 0.3 is 0 Å². The van der Waals surface area contributed by atoms with Crippen molar-refractivity contribution in [1.29, 1.82) is 0 Å². The van der Waals surface area contributed by atoms with Crippen molar-refractivity contribution < 1.29 is 4.39 Å². The molecular weight excluding hydrogens is 494 g/mol. The van der Waals surface area contributed by atoms with Crippen LogP contribution in [-0.4, -0.2) is 9.97 Å². The van der Waals surface area contributed by atoms with Gasteiger partial charge in [0, 0.05) is 15.9 Å². The van der Waals surface area contributed by atoms with Gasteiger partial charge in [0.2, 0.25) is 0 Å². The molecule has 1 aliphatic rings. The zero-order valence-electron chi connectivity index (χ0n) is 18.7. The Balaban J connectivity index is 1.39. The second-order valence-corrected chi connectivity index (χ2v) is 11.7. The summed E-state index contributed by atoms with van der Waals surface area (Å²) in [7, 11) is 0. The van der Waals surface area contributed by atoms with Gasteiger partial charge in [-0.2, -0.15) is 0 Å². The standard InChI is InChI=1S/C28H22FN3S3/c29-20-13-11-17(12-14-20)16-33-28-31-26(30)23-21-15-22(18-7-3-1-4-8-18)34-24(19-9-5-2-6-10-19)25(21)35-27(23)32-28/h1-14,22,24H,15-16H2,(H2,30,31,32)/t22-,24-/m1/s1. The number of hydrogen-bond donors (Lipinski definition) is 1. The smallest absolute Gasteiger partial charge is 0.191 e. The quantitative estimate of drug-likeness (QED) is 0.191. The maximum Gasteiger partial charge on any atom is 0.191 e. The number of fused-ring (bicyclic) bond motifs is 3. The topological polar surface area (TPSA) is 51.8 Å². The highest BCUT2D eigenvalue weighted by molar-refractivity contribution is 8.00. The first kappa shape index (κ1) is 22.6. The largest absolute Gasteiger partial charge is 0.383 e. The summed E-state index contributed by atoms with van der Waals surface area (Å²) in [5.41, 5.74) is 11.5. The third-order valence-corrected chi connectivity index (χ3v) is 9.98. The van der Waals surface area contributed by atoms with Crippen LogP contribution in [0.25, 0.3) is 10.2 Å². The molecular formula is C28H22FN3S3. The molecule has 0 aliphatic carbocycles. The van der Waals surface area contributed by atoms with Crippen LogP contribution >= 0.6 is 34.9 Å². The minimum Gasteiger partial charge on any atom is -0.383 e. The van der Waals surface area contributed by atoms with Crippen molar-refractivity contribution in [2.75, 3.05) is 5.73 Å². The van der Waals surface area contributed by atoms with E-state index in [9.17, 15) is 4.39 Å². The molecule has 3 nitrogen and oxygen atoms in total. The van der Waals surface area contributed by atoms with E-state index >= 15 is 0 Å². The lowest BCUT2D eigenvalue weighted by atomic mass is 9.98. The van der Waals surface area contributed by atoms with Crippen LogP contribution in [0.5, 0.6) is 0 Å². The van der Waals surface area contributed by atoms with E-state index in [-0.39, 0.29) is 11.1 Å². The number of aromatic nitrogens is 2. The van der Waals surface area contributed by atoms with E-state index in [4.69, 9.17) is 10.7 Å². The van der Waals surface area contributed by atoms with Crippen LogP contribution in [0.4, 0.5) is 10.2 Å². The lowest BCUT2D eigenvalue weighted by Gasteiger charge is -2.30. The van der Waals surface area contributed by atoms with Crippen molar-refractivity contribution in [3.8, 4) is 0 Å². The van der Waals surface area contributed by atoms with E-state index in [1.54, 1.807) is 23.5 Å².